The monoisotopic (exact) mass is 196 g/mol. The van der Waals surface area contributed by atoms with E-state index in [9.17, 15) is 9.90 Å². The van der Waals surface area contributed by atoms with Crippen molar-refractivity contribution in [2.45, 2.75) is 25.4 Å². The van der Waals surface area contributed by atoms with E-state index in [1.165, 1.54) is 0 Å². The first-order valence-electron chi connectivity index (χ1n) is 4.83. The molecule has 1 N–H and O–H groups in total. The summed E-state index contributed by atoms with van der Waals surface area (Å²) in [5.74, 6) is 0.00437. The van der Waals surface area contributed by atoms with Gasteiger partial charge in [0, 0.05) is 6.42 Å². The molecule has 0 saturated carbocycles. The smallest absolute Gasteiger partial charge is 0.306 e. The molecular formula is C11H16O3. The largest absolute Gasteiger partial charge is 0.461 e. The lowest BCUT2D eigenvalue weighted by atomic mass is 9.90. The molecule has 2 unspecified atom stereocenters. The molecule has 3 nitrogen and oxygen atoms in total. The minimum atomic E-state index is -0.402. The van der Waals surface area contributed by atoms with E-state index in [1.54, 1.807) is 12.2 Å². The Hall–Kier alpha value is -1.09. The van der Waals surface area contributed by atoms with Crippen LogP contribution in [0.5, 0.6) is 0 Å². The minimum Gasteiger partial charge on any atom is -0.461 e. The summed E-state index contributed by atoms with van der Waals surface area (Å²) in [6.07, 6.45) is 6.72. The maximum Gasteiger partial charge on any atom is 0.306 e. The fraction of sp³-hybridized carbons (Fsp3) is 0.545. The molecule has 1 aliphatic carbocycles. The van der Waals surface area contributed by atoms with Gasteiger partial charge in [-0.25, -0.2) is 0 Å². The van der Waals surface area contributed by atoms with Gasteiger partial charge in [-0.3, -0.25) is 4.79 Å². The van der Waals surface area contributed by atoms with E-state index in [2.05, 4.69) is 6.58 Å². The summed E-state index contributed by atoms with van der Waals surface area (Å²) in [5.41, 5.74) is 0. The van der Waals surface area contributed by atoms with Crippen LogP contribution in [0.25, 0.3) is 0 Å². The van der Waals surface area contributed by atoms with Crippen LogP contribution in [0.4, 0.5) is 0 Å². The Morgan fingerprint density at radius 2 is 2.50 bits per heavy atom. The number of rotatable bonds is 4. The van der Waals surface area contributed by atoms with E-state index in [0.717, 1.165) is 6.42 Å². The Morgan fingerprint density at radius 1 is 1.71 bits per heavy atom. The lowest BCUT2D eigenvalue weighted by Crippen LogP contribution is -2.19. The minimum absolute atomic E-state index is 0.211. The summed E-state index contributed by atoms with van der Waals surface area (Å²) < 4.78 is 4.87. The highest BCUT2D eigenvalue weighted by atomic mass is 16.5. The fourth-order valence-corrected chi connectivity index (χ4v) is 1.56. The highest BCUT2D eigenvalue weighted by Crippen LogP contribution is 2.22. The van der Waals surface area contributed by atoms with E-state index in [-0.39, 0.29) is 18.5 Å². The van der Waals surface area contributed by atoms with Crippen molar-refractivity contribution in [2.24, 2.45) is 5.92 Å². The van der Waals surface area contributed by atoms with E-state index >= 15 is 0 Å². The summed E-state index contributed by atoms with van der Waals surface area (Å²) in [5, 5.41) is 9.31. The van der Waals surface area contributed by atoms with Gasteiger partial charge >= 0.3 is 5.97 Å². The molecule has 0 aromatic heterocycles. The van der Waals surface area contributed by atoms with E-state index < -0.39 is 6.10 Å². The van der Waals surface area contributed by atoms with Crippen LogP contribution in [0.15, 0.2) is 24.8 Å². The third kappa shape index (κ3) is 3.75. The Bertz CT molecular complexity index is 233. The highest BCUT2D eigenvalue weighted by Gasteiger charge is 2.19. The number of hydrogen-bond donors (Lipinski definition) is 1. The number of esters is 1. The molecule has 0 aromatic rings. The maximum atomic E-state index is 11.2. The van der Waals surface area contributed by atoms with Gasteiger partial charge in [-0.15, -0.1) is 0 Å². The number of aliphatic hydroxyl groups excluding tert-OH is 1. The first-order valence-corrected chi connectivity index (χ1v) is 4.83. The molecule has 0 aliphatic heterocycles. The van der Waals surface area contributed by atoms with Crippen molar-refractivity contribution in [3.63, 3.8) is 0 Å². The lowest BCUT2D eigenvalue weighted by Gasteiger charge is -2.20. The molecule has 0 heterocycles. The second-order valence-electron chi connectivity index (χ2n) is 3.51. The molecular weight excluding hydrogens is 180 g/mol. The molecule has 3 heteroatoms. The molecule has 0 aromatic carbocycles. The summed E-state index contributed by atoms with van der Waals surface area (Å²) >= 11 is 0. The molecule has 0 bridgehead atoms. The average molecular weight is 196 g/mol. The fourth-order valence-electron chi connectivity index (χ4n) is 1.56. The van der Waals surface area contributed by atoms with Gasteiger partial charge in [0.1, 0.15) is 6.61 Å². The summed E-state index contributed by atoms with van der Waals surface area (Å²) in [7, 11) is 0. The molecule has 14 heavy (non-hydrogen) atoms. The van der Waals surface area contributed by atoms with Crippen molar-refractivity contribution >= 4 is 5.97 Å². The van der Waals surface area contributed by atoms with Crippen LogP contribution in [0.1, 0.15) is 19.3 Å². The second kappa shape index (κ2) is 5.60. The Labute approximate surface area is 84.1 Å². The quantitative estimate of drug-likeness (QED) is 0.546. The number of ether oxygens (including phenoxy) is 1. The number of carbonyl (C=O) groups excluding carboxylic acids is 1. The molecule has 0 amide bonds. The zero-order valence-electron chi connectivity index (χ0n) is 8.19. The maximum absolute atomic E-state index is 11.2. The Kier molecular flexibility index (Phi) is 4.40. The Morgan fingerprint density at radius 3 is 3.14 bits per heavy atom. The first kappa shape index (κ1) is 11.0. The van der Waals surface area contributed by atoms with Crippen LogP contribution < -0.4 is 0 Å². The van der Waals surface area contributed by atoms with Gasteiger partial charge in [0.25, 0.3) is 0 Å². The third-order valence-electron chi connectivity index (χ3n) is 2.22. The normalized spacial score (nSPS) is 25.8. The van der Waals surface area contributed by atoms with Crippen LogP contribution in [0.3, 0.4) is 0 Å². The lowest BCUT2D eigenvalue weighted by molar-refractivity contribution is -0.143. The predicted molar refractivity (Wildman–Crippen MR) is 53.6 cm³/mol. The number of allylic oxidation sites excluding steroid dienone is 1. The molecule has 0 radical (unpaired) electrons. The van der Waals surface area contributed by atoms with Crippen molar-refractivity contribution in [3.8, 4) is 0 Å². The van der Waals surface area contributed by atoms with Gasteiger partial charge in [-0.05, 0) is 18.8 Å². The van der Waals surface area contributed by atoms with Crippen LogP contribution in [0.2, 0.25) is 0 Å². The van der Waals surface area contributed by atoms with Gasteiger partial charge in [-0.1, -0.05) is 24.8 Å². The van der Waals surface area contributed by atoms with Crippen molar-refractivity contribution in [1.29, 1.82) is 0 Å². The van der Waals surface area contributed by atoms with Gasteiger partial charge in [-0.2, -0.15) is 0 Å². The molecule has 0 saturated heterocycles. The second-order valence-corrected chi connectivity index (χ2v) is 3.51. The zero-order chi connectivity index (χ0) is 10.4. The van der Waals surface area contributed by atoms with Crippen LogP contribution in [-0.2, 0) is 9.53 Å². The third-order valence-corrected chi connectivity index (χ3v) is 2.22. The standard InChI is InChI=1S/C11H16O3/c1-2-6-14-11(13)8-9-4-3-5-10(12)7-9/h2-3,5,9-10,12H,1,4,6-8H2. The molecule has 1 aliphatic rings. The average Bonchev–Trinajstić information content (AvgIpc) is 2.15. The van der Waals surface area contributed by atoms with Crippen LogP contribution >= 0.6 is 0 Å². The van der Waals surface area contributed by atoms with Crippen LogP contribution in [-0.4, -0.2) is 23.8 Å². The summed E-state index contributed by atoms with van der Waals surface area (Å²) in [6.45, 7) is 3.73. The SMILES string of the molecule is C=CCOC(=O)CC1CC=CC(O)C1. The highest BCUT2D eigenvalue weighted by molar-refractivity contribution is 5.69. The first-order chi connectivity index (χ1) is 6.72. The molecule has 78 valence electrons. The van der Waals surface area contributed by atoms with E-state index in [1.807, 2.05) is 6.08 Å². The van der Waals surface area contributed by atoms with Gasteiger partial charge in [0.05, 0.1) is 6.10 Å². The summed E-state index contributed by atoms with van der Waals surface area (Å²) in [6, 6.07) is 0. The van der Waals surface area contributed by atoms with Gasteiger partial charge < -0.3 is 9.84 Å². The van der Waals surface area contributed by atoms with E-state index in [0.29, 0.717) is 12.8 Å². The van der Waals surface area contributed by atoms with Crippen molar-refractivity contribution in [1.82, 2.24) is 0 Å². The van der Waals surface area contributed by atoms with E-state index in [4.69, 9.17) is 4.74 Å². The zero-order valence-corrected chi connectivity index (χ0v) is 8.19. The van der Waals surface area contributed by atoms with Crippen molar-refractivity contribution < 1.29 is 14.6 Å². The van der Waals surface area contributed by atoms with Crippen LogP contribution in [0, 0.1) is 5.92 Å². The van der Waals surface area contributed by atoms with Crippen molar-refractivity contribution in [3.05, 3.63) is 24.8 Å². The number of aliphatic hydroxyl groups is 1. The topological polar surface area (TPSA) is 46.5 Å². The Balaban J connectivity index is 2.26. The molecule has 1 rings (SSSR count). The number of hydrogen-bond acceptors (Lipinski definition) is 3. The summed E-state index contributed by atoms with van der Waals surface area (Å²) in [4.78, 5) is 11.2. The van der Waals surface area contributed by atoms with Gasteiger partial charge in [0.15, 0.2) is 0 Å². The van der Waals surface area contributed by atoms with Crippen molar-refractivity contribution in [2.75, 3.05) is 6.61 Å². The molecule has 2 atom stereocenters. The molecule has 0 fully saturated rings. The predicted octanol–water partition coefficient (Wildman–Crippen LogP) is 1.43. The molecule has 0 spiro atoms. The van der Waals surface area contributed by atoms with Gasteiger partial charge in [0.2, 0.25) is 0 Å². The number of carbonyl (C=O) groups is 1.